The van der Waals surface area contributed by atoms with Gasteiger partial charge in [-0.15, -0.1) is 0 Å². The number of carbonyl (C=O) groups excluding carboxylic acids is 1. The van der Waals surface area contributed by atoms with E-state index in [0.29, 0.717) is 0 Å². The molecule has 0 rings (SSSR count). The van der Waals surface area contributed by atoms with Crippen LogP contribution in [0, 0.1) is 0 Å². The van der Waals surface area contributed by atoms with Crippen molar-refractivity contribution in [1.82, 2.24) is 0 Å². The van der Waals surface area contributed by atoms with Crippen LogP contribution in [-0.2, 0) is 9.47 Å². The maximum Gasteiger partial charge on any atom is 0.102 e. The van der Waals surface area contributed by atoms with Gasteiger partial charge in [-0.05, 0) is 33.9 Å². The molecule has 0 aliphatic carbocycles. The van der Waals surface area contributed by atoms with Crippen molar-refractivity contribution in [2.75, 3.05) is 80.8 Å². The number of hydrogen-bond acceptors (Lipinski definition) is 5. The number of ether oxygens (including phenoxy) is 2. The lowest BCUT2D eigenvalue weighted by Gasteiger charge is -2.31. The molecule has 0 atom stereocenters. The first kappa shape index (κ1) is 27.9. The lowest BCUT2D eigenvalue weighted by atomic mass is 10.4. The van der Waals surface area contributed by atoms with E-state index in [1.165, 1.54) is 26.2 Å². The smallest absolute Gasteiger partial charge is 0.102 e. The molecule has 0 amide bonds. The summed E-state index contributed by atoms with van der Waals surface area (Å²) >= 11 is 0. The van der Waals surface area contributed by atoms with Crippen LogP contribution < -0.4 is 10.2 Å². The highest BCUT2D eigenvalue weighted by Gasteiger charge is 2.15. The zero-order valence-electron chi connectivity index (χ0n) is 17.1. The second kappa shape index (κ2) is 17.0. The molecule has 148 valence electrons. The highest BCUT2D eigenvalue weighted by Crippen LogP contribution is 2.00. The van der Waals surface area contributed by atoms with Gasteiger partial charge < -0.3 is 33.4 Å². The summed E-state index contributed by atoms with van der Waals surface area (Å²) < 4.78 is 12.3. The molecule has 0 aliphatic rings. The summed E-state index contributed by atoms with van der Waals surface area (Å²) in [6, 6.07) is 0. The van der Waals surface area contributed by atoms with Gasteiger partial charge in [-0.3, -0.25) is 0 Å². The van der Waals surface area contributed by atoms with E-state index >= 15 is 0 Å². The van der Waals surface area contributed by atoms with E-state index in [9.17, 15) is 0 Å². The molecule has 0 unspecified atom stereocenters. The first-order chi connectivity index (χ1) is 11.1. The molecule has 0 spiro atoms. The highest BCUT2D eigenvalue weighted by atomic mass is 16.6. The third-order valence-electron chi connectivity index (χ3n) is 4.72. The first-order valence-corrected chi connectivity index (χ1v) is 8.63. The van der Waals surface area contributed by atoms with Gasteiger partial charge in [0.25, 0.3) is 0 Å². The predicted octanol–water partition coefficient (Wildman–Crippen LogP) is -0.209. The SMILES string of the molecule is CC[N+](C)(CC)CCOC.CC[N+](C)(CC)CCOC.O=C([O-])[O-]. The molecule has 0 heterocycles. The van der Waals surface area contributed by atoms with Crippen molar-refractivity contribution < 1.29 is 33.4 Å². The number of likely N-dealkylation sites (N-methyl/N-ethyl adjacent to an activating group) is 2. The Labute approximate surface area is 149 Å². The van der Waals surface area contributed by atoms with Crippen LogP contribution in [0.3, 0.4) is 0 Å². The summed E-state index contributed by atoms with van der Waals surface area (Å²) in [4.78, 5) is 8.33. The third-order valence-corrected chi connectivity index (χ3v) is 4.72. The zero-order valence-corrected chi connectivity index (χ0v) is 17.1. The number of rotatable bonds is 10. The Hall–Kier alpha value is -0.890. The number of carbonyl (C=O) groups is 1. The van der Waals surface area contributed by atoms with Gasteiger partial charge in [-0.25, -0.2) is 0 Å². The van der Waals surface area contributed by atoms with Gasteiger partial charge >= 0.3 is 0 Å². The summed E-state index contributed by atoms with van der Waals surface area (Å²) in [5, 5.41) is 16.7. The minimum atomic E-state index is -2.33. The first-order valence-electron chi connectivity index (χ1n) is 8.63. The molecule has 0 aliphatic heterocycles. The fraction of sp³-hybridized carbons (Fsp3) is 0.941. The standard InChI is InChI=1S/2C8H20NO.CH2O3/c2*1-5-9(3,6-2)7-8-10-4;2-1(3)4/h2*5-8H2,1-4H3;(H2,2,3,4)/q2*+1;/p-2. The summed E-state index contributed by atoms with van der Waals surface area (Å²) in [5.74, 6) is 0. The van der Waals surface area contributed by atoms with Crippen LogP contribution in [-0.4, -0.2) is 95.9 Å². The average molecular weight is 353 g/mol. The van der Waals surface area contributed by atoms with Crippen molar-refractivity contribution in [3.05, 3.63) is 0 Å². The van der Waals surface area contributed by atoms with E-state index in [2.05, 4.69) is 41.8 Å². The van der Waals surface area contributed by atoms with Gasteiger partial charge in [-0.1, -0.05) is 0 Å². The van der Waals surface area contributed by atoms with Crippen molar-refractivity contribution in [2.45, 2.75) is 27.7 Å². The molecule has 7 heteroatoms. The van der Waals surface area contributed by atoms with Crippen LogP contribution in [0.2, 0.25) is 0 Å². The molecule has 7 nitrogen and oxygen atoms in total. The van der Waals surface area contributed by atoms with Gasteiger partial charge in [-0.2, -0.15) is 0 Å². The fourth-order valence-electron chi connectivity index (χ4n) is 1.70. The van der Waals surface area contributed by atoms with E-state index < -0.39 is 6.16 Å². The van der Waals surface area contributed by atoms with Gasteiger partial charge in [0.15, 0.2) is 0 Å². The molecule has 0 aromatic heterocycles. The molecule has 0 N–H and O–H groups in total. The van der Waals surface area contributed by atoms with Crippen LogP contribution in [0.4, 0.5) is 4.79 Å². The van der Waals surface area contributed by atoms with Crippen molar-refractivity contribution in [3.63, 3.8) is 0 Å². The number of nitrogens with zero attached hydrogens (tertiary/aromatic N) is 2. The van der Waals surface area contributed by atoms with Crippen LogP contribution >= 0.6 is 0 Å². The number of hydrogen-bond donors (Lipinski definition) is 0. The van der Waals surface area contributed by atoms with Gasteiger partial charge in [0.2, 0.25) is 0 Å². The molecule has 0 aromatic rings. The maximum absolute atomic E-state index is 8.33. The monoisotopic (exact) mass is 352 g/mol. The van der Waals surface area contributed by atoms with Crippen LogP contribution in [0.5, 0.6) is 0 Å². The molecule has 0 saturated carbocycles. The molecule has 0 bridgehead atoms. The van der Waals surface area contributed by atoms with Gasteiger partial charge in [0, 0.05) is 14.2 Å². The van der Waals surface area contributed by atoms with Crippen molar-refractivity contribution in [2.24, 2.45) is 0 Å². The highest BCUT2D eigenvalue weighted by molar-refractivity contribution is 5.47. The van der Waals surface area contributed by atoms with Crippen LogP contribution in [0.15, 0.2) is 0 Å². The molecule has 0 fully saturated rings. The Morgan fingerprint density at radius 1 is 0.750 bits per heavy atom. The Kier molecular flexibility index (Phi) is 19.7. The van der Waals surface area contributed by atoms with E-state index in [0.717, 1.165) is 35.3 Å². The van der Waals surface area contributed by atoms with E-state index in [1.54, 1.807) is 14.2 Å². The molecular weight excluding hydrogens is 312 g/mol. The van der Waals surface area contributed by atoms with Crippen molar-refractivity contribution in [1.29, 1.82) is 0 Å². The topological polar surface area (TPSA) is 81.7 Å². The summed E-state index contributed by atoms with van der Waals surface area (Å²) in [6.45, 7) is 17.7. The van der Waals surface area contributed by atoms with E-state index in [-0.39, 0.29) is 0 Å². The third kappa shape index (κ3) is 19.2. The van der Waals surface area contributed by atoms with E-state index in [1.807, 2.05) is 0 Å². The fourth-order valence-corrected chi connectivity index (χ4v) is 1.70. The molecule has 0 aromatic carbocycles. The van der Waals surface area contributed by atoms with Crippen LogP contribution in [0.1, 0.15) is 27.7 Å². The normalized spacial score (nSPS) is 11.0. The molecular formula is C17H40N2O5. The van der Waals surface area contributed by atoms with E-state index in [4.69, 9.17) is 24.5 Å². The molecule has 0 saturated heterocycles. The maximum atomic E-state index is 8.33. The largest absolute Gasteiger partial charge is 0.652 e. The number of quaternary nitrogens is 2. The van der Waals surface area contributed by atoms with Crippen LogP contribution in [0.25, 0.3) is 0 Å². The predicted molar refractivity (Wildman–Crippen MR) is 93.4 cm³/mol. The van der Waals surface area contributed by atoms with Crippen molar-refractivity contribution in [3.8, 4) is 0 Å². The zero-order chi connectivity index (χ0) is 19.6. The summed E-state index contributed by atoms with van der Waals surface area (Å²) in [7, 11) is 8.04. The minimum absolute atomic E-state index is 0.873. The lowest BCUT2D eigenvalue weighted by Crippen LogP contribution is -2.45. The summed E-state index contributed by atoms with van der Waals surface area (Å²) in [6.07, 6.45) is -2.33. The Morgan fingerprint density at radius 2 is 0.958 bits per heavy atom. The molecule has 0 radical (unpaired) electrons. The number of carboxylic acid groups (broad SMARTS) is 2. The Morgan fingerprint density at radius 3 is 1.08 bits per heavy atom. The quantitative estimate of drug-likeness (QED) is 0.508. The minimum Gasteiger partial charge on any atom is -0.652 e. The second-order valence-electron chi connectivity index (χ2n) is 6.19. The average Bonchev–Trinajstić information content (AvgIpc) is 2.57. The Balaban J connectivity index is -0.000000301. The lowest BCUT2D eigenvalue weighted by molar-refractivity contribution is -0.906. The van der Waals surface area contributed by atoms with Gasteiger partial charge in [0.05, 0.1) is 53.5 Å². The summed E-state index contributed by atoms with van der Waals surface area (Å²) in [5.41, 5.74) is 0. The second-order valence-corrected chi connectivity index (χ2v) is 6.19. The van der Waals surface area contributed by atoms with Gasteiger partial charge in [0.1, 0.15) is 13.1 Å². The van der Waals surface area contributed by atoms with Crippen molar-refractivity contribution >= 4 is 6.16 Å². The Bertz CT molecular complexity index is 254. The number of methoxy groups -OCH3 is 2. The molecule has 24 heavy (non-hydrogen) atoms.